The highest BCUT2D eigenvalue weighted by Crippen LogP contribution is 2.25. The first-order valence-corrected chi connectivity index (χ1v) is 7.72. The lowest BCUT2D eigenvalue weighted by molar-refractivity contribution is 0.104. The van der Waals surface area contributed by atoms with Gasteiger partial charge in [0.15, 0.2) is 5.78 Å². The third-order valence-corrected chi connectivity index (χ3v) is 3.63. The fourth-order valence-corrected chi connectivity index (χ4v) is 2.44. The van der Waals surface area contributed by atoms with Crippen LogP contribution in [0.3, 0.4) is 0 Å². The van der Waals surface area contributed by atoms with E-state index < -0.39 is 0 Å². The molecule has 24 heavy (non-hydrogen) atoms. The maximum absolute atomic E-state index is 12.5. The third-order valence-electron chi connectivity index (χ3n) is 3.63. The van der Waals surface area contributed by atoms with E-state index in [-0.39, 0.29) is 5.78 Å². The van der Waals surface area contributed by atoms with E-state index in [1.54, 1.807) is 38.5 Å². The van der Waals surface area contributed by atoms with Gasteiger partial charge in [-0.2, -0.15) is 0 Å². The number of carbonyl (C=O) groups is 1. The number of ketones is 1. The molecule has 0 N–H and O–H groups in total. The molecule has 4 nitrogen and oxygen atoms in total. The summed E-state index contributed by atoms with van der Waals surface area (Å²) in [6.45, 7) is 0.820. The number of hydrogen-bond acceptors (Lipinski definition) is 4. The van der Waals surface area contributed by atoms with Crippen molar-refractivity contribution in [1.82, 2.24) is 4.90 Å². The van der Waals surface area contributed by atoms with Gasteiger partial charge in [-0.3, -0.25) is 4.79 Å². The molecule has 2 aromatic rings. The molecule has 0 heterocycles. The van der Waals surface area contributed by atoms with Gasteiger partial charge in [0.1, 0.15) is 11.5 Å². The van der Waals surface area contributed by atoms with Crippen molar-refractivity contribution in [1.29, 1.82) is 0 Å². The van der Waals surface area contributed by atoms with E-state index in [2.05, 4.69) is 11.0 Å². The zero-order valence-electron chi connectivity index (χ0n) is 14.6. The fourth-order valence-electron chi connectivity index (χ4n) is 2.44. The number of nitrogens with zero attached hydrogens (tertiary/aromatic N) is 1. The van der Waals surface area contributed by atoms with Gasteiger partial charge in [-0.1, -0.05) is 30.3 Å². The van der Waals surface area contributed by atoms with Crippen LogP contribution in [0.25, 0.3) is 6.08 Å². The number of carbonyl (C=O) groups excluding carboxylic acids is 1. The maximum atomic E-state index is 12.5. The molecule has 126 valence electrons. The molecule has 0 saturated heterocycles. The molecule has 0 amide bonds. The normalized spacial score (nSPS) is 11.0. The van der Waals surface area contributed by atoms with Gasteiger partial charge in [-0.15, -0.1) is 0 Å². The Morgan fingerprint density at radius 3 is 2.50 bits per heavy atom. The number of benzene rings is 2. The second-order valence-electron chi connectivity index (χ2n) is 5.70. The van der Waals surface area contributed by atoms with Gasteiger partial charge in [0.25, 0.3) is 0 Å². The van der Waals surface area contributed by atoms with Crippen molar-refractivity contribution >= 4 is 11.9 Å². The topological polar surface area (TPSA) is 38.8 Å². The van der Waals surface area contributed by atoms with Gasteiger partial charge in [0.2, 0.25) is 0 Å². The molecule has 0 aromatic heterocycles. The van der Waals surface area contributed by atoms with Crippen molar-refractivity contribution in [3.05, 3.63) is 65.2 Å². The number of ether oxygens (including phenoxy) is 2. The lowest BCUT2D eigenvalue weighted by atomic mass is 10.0. The number of methoxy groups -OCH3 is 2. The van der Waals surface area contributed by atoms with Gasteiger partial charge >= 0.3 is 0 Å². The smallest absolute Gasteiger partial charge is 0.189 e. The van der Waals surface area contributed by atoms with Crippen molar-refractivity contribution in [2.75, 3.05) is 28.3 Å². The average molecular weight is 325 g/mol. The number of hydrogen-bond donors (Lipinski definition) is 0. The lowest BCUT2D eigenvalue weighted by Crippen LogP contribution is -2.11. The van der Waals surface area contributed by atoms with Crippen molar-refractivity contribution < 1.29 is 14.3 Å². The summed E-state index contributed by atoms with van der Waals surface area (Å²) in [5.41, 5.74) is 2.72. The predicted molar refractivity (Wildman–Crippen MR) is 96.7 cm³/mol. The largest absolute Gasteiger partial charge is 0.497 e. The Kier molecular flexibility index (Phi) is 6.15. The minimum atomic E-state index is -0.103. The Morgan fingerprint density at radius 1 is 1.08 bits per heavy atom. The molecule has 4 heteroatoms. The van der Waals surface area contributed by atoms with Gasteiger partial charge in [-0.25, -0.2) is 0 Å². The van der Waals surface area contributed by atoms with Crippen molar-refractivity contribution in [2.45, 2.75) is 6.54 Å². The van der Waals surface area contributed by atoms with Crippen molar-refractivity contribution in [3.8, 4) is 11.5 Å². The second kappa shape index (κ2) is 8.31. The predicted octanol–water partition coefficient (Wildman–Crippen LogP) is 3.66. The van der Waals surface area contributed by atoms with E-state index in [4.69, 9.17) is 9.47 Å². The van der Waals surface area contributed by atoms with Crippen molar-refractivity contribution in [3.63, 3.8) is 0 Å². The summed E-state index contributed by atoms with van der Waals surface area (Å²) in [4.78, 5) is 14.6. The first-order chi connectivity index (χ1) is 11.5. The summed E-state index contributed by atoms with van der Waals surface area (Å²) < 4.78 is 10.5. The molecule has 2 aromatic carbocycles. The monoisotopic (exact) mass is 325 g/mol. The van der Waals surface area contributed by atoms with Crippen LogP contribution in [-0.2, 0) is 6.54 Å². The van der Waals surface area contributed by atoms with E-state index in [1.165, 1.54) is 5.56 Å². The Labute approximate surface area is 143 Å². The van der Waals surface area contributed by atoms with Crippen LogP contribution in [0, 0.1) is 0 Å². The zero-order chi connectivity index (χ0) is 17.5. The zero-order valence-corrected chi connectivity index (χ0v) is 14.6. The van der Waals surface area contributed by atoms with Gasteiger partial charge in [0, 0.05) is 12.6 Å². The summed E-state index contributed by atoms with van der Waals surface area (Å²) in [6.07, 6.45) is 3.43. The van der Waals surface area contributed by atoms with E-state index in [1.807, 2.05) is 38.4 Å². The first-order valence-electron chi connectivity index (χ1n) is 7.72. The molecule has 0 radical (unpaired) electrons. The first kappa shape index (κ1) is 17.8. The minimum absolute atomic E-state index is 0.103. The van der Waals surface area contributed by atoms with E-state index in [0.717, 1.165) is 12.1 Å². The fraction of sp³-hybridized carbons (Fsp3) is 0.250. The second-order valence-corrected chi connectivity index (χ2v) is 5.70. The SMILES string of the molecule is COc1ccc(C(=O)/C=C/c2ccccc2CN(C)C)c(OC)c1. The van der Waals surface area contributed by atoms with Crippen LogP contribution < -0.4 is 9.47 Å². The molecule has 2 rings (SSSR count). The van der Waals surface area contributed by atoms with Gasteiger partial charge in [0.05, 0.1) is 19.8 Å². The van der Waals surface area contributed by atoms with Crippen LogP contribution in [0.1, 0.15) is 21.5 Å². The summed E-state index contributed by atoms with van der Waals surface area (Å²) in [7, 11) is 7.17. The average Bonchev–Trinajstić information content (AvgIpc) is 2.59. The Balaban J connectivity index is 2.25. The highest BCUT2D eigenvalue weighted by atomic mass is 16.5. The number of rotatable bonds is 7. The Morgan fingerprint density at radius 2 is 1.83 bits per heavy atom. The quantitative estimate of drug-likeness (QED) is 0.575. The van der Waals surface area contributed by atoms with Crippen LogP contribution >= 0.6 is 0 Å². The molecule has 0 unspecified atom stereocenters. The van der Waals surface area contributed by atoms with Crippen LogP contribution in [0.4, 0.5) is 0 Å². The van der Waals surface area contributed by atoms with Crippen molar-refractivity contribution in [2.24, 2.45) is 0 Å². The molecule has 0 saturated carbocycles. The molecule has 0 fully saturated rings. The standard InChI is InChI=1S/C20H23NO3/c1-21(2)14-16-8-6-5-7-15(16)9-12-19(22)18-11-10-17(23-3)13-20(18)24-4/h5-13H,14H2,1-4H3/b12-9+. The van der Waals surface area contributed by atoms with Crippen LogP contribution in [-0.4, -0.2) is 39.0 Å². The summed E-state index contributed by atoms with van der Waals surface area (Å²) in [5, 5.41) is 0. The van der Waals surface area contributed by atoms with Crippen LogP contribution in [0.5, 0.6) is 11.5 Å². The highest BCUT2D eigenvalue weighted by molar-refractivity contribution is 6.08. The molecule has 0 aliphatic carbocycles. The van der Waals surface area contributed by atoms with Gasteiger partial charge in [-0.05, 0) is 43.4 Å². The lowest BCUT2D eigenvalue weighted by Gasteiger charge is -2.12. The molecular formula is C20H23NO3. The molecule has 0 atom stereocenters. The summed E-state index contributed by atoms with van der Waals surface area (Å²) in [6, 6.07) is 13.2. The third kappa shape index (κ3) is 4.46. The van der Waals surface area contributed by atoms with E-state index in [0.29, 0.717) is 17.1 Å². The van der Waals surface area contributed by atoms with E-state index >= 15 is 0 Å². The Hall–Kier alpha value is -2.59. The maximum Gasteiger partial charge on any atom is 0.189 e. The summed E-state index contributed by atoms with van der Waals surface area (Å²) >= 11 is 0. The summed E-state index contributed by atoms with van der Waals surface area (Å²) in [5.74, 6) is 1.06. The highest BCUT2D eigenvalue weighted by Gasteiger charge is 2.11. The molecule has 0 aliphatic rings. The molecule has 0 aliphatic heterocycles. The molecule has 0 spiro atoms. The molecule has 0 bridgehead atoms. The van der Waals surface area contributed by atoms with Gasteiger partial charge < -0.3 is 14.4 Å². The minimum Gasteiger partial charge on any atom is -0.497 e. The van der Waals surface area contributed by atoms with Crippen LogP contribution in [0.15, 0.2) is 48.5 Å². The molecular weight excluding hydrogens is 302 g/mol. The van der Waals surface area contributed by atoms with Crippen LogP contribution in [0.2, 0.25) is 0 Å². The Bertz CT molecular complexity index is 735. The van der Waals surface area contributed by atoms with E-state index in [9.17, 15) is 4.79 Å². The number of allylic oxidation sites excluding steroid dienone is 1.